The predicted molar refractivity (Wildman–Crippen MR) is 103 cm³/mol. The molecule has 3 rings (SSSR count). The number of rotatable bonds is 6. The van der Waals surface area contributed by atoms with Crippen LogP contribution in [0.1, 0.15) is 42.5 Å². The molecular formula is C22H25N3O. The highest BCUT2D eigenvalue weighted by Crippen LogP contribution is 2.28. The average molecular weight is 347 g/mol. The van der Waals surface area contributed by atoms with Crippen LogP contribution in [0.15, 0.2) is 54.6 Å². The number of ether oxygens (including phenoxy) is 1. The van der Waals surface area contributed by atoms with E-state index in [1.54, 1.807) is 12.1 Å². The normalized spacial score (nSPS) is 15.4. The predicted octanol–water partition coefficient (Wildman–Crippen LogP) is 4.29. The number of nitriles is 1. The zero-order valence-electron chi connectivity index (χ0n) is 15.3. The Balaban J connectivity index is 1.56. The lowest BCUT2D eigenvalue weighted by Gasteiger charge is -2.31. The molecule has 0 radical (unpaired) electrons. The van der Waals surface area contributed by atoms with Crippen molar-refractivity contribution in [3.8, 4) is 11.9 Å². The number of pyridine rings is 1. The van der Waals surface area contributed by atoms with E-state index in [9.17, 15) is 0 Å². The zero-order chi connectivity index (χ0) is 18.4. The molecule has 2 heterocycles. The molecule has 2 aromatic rings. The first-order chi connectivity index (χ1) is 12.6. The molecule has 0 spiro atoms. The molecule has 26 heavy (non-hydrogen) atoms. The largest absolute Gasteiger partial charge is 0.473 e. The van der Waals surface area contributed by atoms with Crippen molar-refractivity contribution in [3.63, 3.8) is 0 Å². The third kappa shape index (κ3) is 4.93. The van der Waals surface area contributed by atoms with Gasteiger partial charge in [-0.1, -0.05) is 30.4 Å². The topological polar surface area (TPSA) is 49.1 Å². The van der Waals surface area contributed by atoms with Gasteiger partial charge in [-0.2, -0.15) is 5.26 Å². The quantitative estimate of drug-likeness (QED) is 0.732. The number of nitrogens with zero attached hydrogens (tertiary/aromatic N) is 3. The molecule has 0 atom stereocenters. The smallest absolute Gasteiger partial charge is 0.213 e. The summed E-state index contributed by atoms with van der Waals surface area (Å²) < 4.78 is 5.85. The molecule has 0 N–H and O–H groups in total. The highest BCUT2D eigenvalue weighted by Gasteiger charge is 2.21. The summed E-state index contributed by atoms with van der Waals surface area (Å²) >= 11 is 0. The van der Waals surface area contributed by atoms with Crippen molar-refractivity contribution in [2.24, 2.45) is 0 Å². The molecule has 0 unspecified atom stereocenters. The van der Waals surface area contributed by atoms with Gasteiger partial charge in [0.2, 0.25) is 5.88 Å². The van der Waals surface area contributed by atoms with Gasteiger partial charge in [-0.3, -0.25) is 4.90 Å². The molecule has 1 aliphatic rings. The fourth-order valence-corrected chi connectivity index (χ4v) is 3.34. The summed E-state index contributed by atoms with van der Waals surface area (Å²) in [5.74, 6) is 1.16. The maximum atomic E-state index is 8.85. The standard InChI is InChI=1S/C22H25N3O/c1-17(2)15-25-12-10-20(11-13-25)21-4-3-5-22(24-21)26-16-19-8-6-18(14-23)7-9-19/h3-9,20H,1,10-13,15-16H2,2H3. The van der Waals surface area contributed by atoms with E-state index in [4.69, 9.17) is 15.0 Å². The first kappa shape index (κ1) is 18.2. The van der Waals surface area contributed by atoms with Gasteiger partial charge in [0.05, 0.1) is 11.6 Å². The Labute approximate surface area is 155 Å². The summed E-state index contributed by atoms with van der Waals surface area (Å²) in [5, 5.41) is 8.85. The Morgan fingerprint density at radius 2 is 1.96 bits per heavy atom. The molecule has 0 amide bonds. The van der Waals surface area contributed by atoms with Crippen LogP contribution in [0.3, 0.4) is 0 Å². The van der Waals surface area contributed by atoms with Crippen LogP contribution in [0.25, 0.3) is 0 Å². The van der Waals surface area contributed by atoms with Gasteiger partial charge in [-0.25, -0.2) is 4.98 Å². The number of hydrogen-bond acceptors (Lipinski definition) is 4. The molecule has 4 heteroatoms. The van der Waals surface area contributed by atoms with Crippen molar-refractivity contribution in [2.75, 3.05) is 19.6 Å². The molecule has 1 saturated heterocycles. The molecular weight excluding hydrogens is 322 g/mol. The summed E-state index contributed by atoms with van der Waals surface area (Å²) in [6, 6.07) is 15.6. The summed E-state index contributed by atoms with van der Waals surface area (Å²) in [6.45, 7) is 9.73. The van der Waals surface area contributed by atoms with E-state index in [-0.39, 0.29) is 0 Å². The maximum Gasteiger partial charge on any atom is 0.213 e. The highest BCUT2D eigenvalue weighted by molar-refractivity contribution is 5.31. The highest BCUT2D eigenvalue weighted by atomic mass is 16.5. The van der Waals surface area contributed by atoms with Crippen molar-refractivity contribution in [3.05, 3.63) is 71.4 Å². The van der Waals surface area contributed by atoms with E-state index >= 15 is 0 Å². The number of piperidine rings is 1. The molecule has 0 bridgehead atoms. The molecule has 4 nitrogen and oxygen atoms in total. The number of likely N-dealkylation sites (tertiary alicyclic amines) is 1. The van der Waals surface area contributed by atoms with Gasteiger partial charge >= 0.3 is 0 Å². The van der Waals surface area contributed by atoms with Gasteiger partial charge in [-0.05, 0) is 56.6 Å². The van der Waals surface area contributed by atoms with Crippen LogP contribution in [0.5, 0.6) is 5.88 Å². The van der Waals surface area contributed by atoms with Crippen molar-refractivity contribution in [1.82, 2.24) is 9.88 Å². The third-order valence-corrected chi connectivity index (χ3v) is 4.71. The van der Waals surface area contributed by atoms with Crippen LogP contribution in [0, 0.1) is 11.3 Å². The fourth-order valence-electron chi connectivity index (χ4n) is 3.34. The SMILES string of the molecule is C=C(C)CN1CCC(c2cccc(OCc3ccc(C#N)cc3)n2)CC1. The Morgan fingerprint density at radius 3 is 2.62 bits per heavy atom. The fraction of sp³-hybridized carbons (Fsp3) is 0.364. The molecule has 0 saturated carbocycles. The third-order valence-electron chi connectivity index (χ3n) is 4.71. The van der Waals surface area contributed by atoms with Gasteiger partial charge in [0.15, 0.2) is 0 Å². The Hall–Kier alpha value is -2.64. The molecule has 134 valence electrons. The summed E-state index contributed by atoms with van der Waals surface area (Å²) in [5.41, 5.74) is 4.04. The van der Waals surface area contributed by atoms with E-state index in [2.05, 4.69) is 30.5 Å². The second kappa shape index (κ2) is 8.64. The van der Waals surface area contributed by atoms with E-state index in [0.717, 1.165) is 43.7 Å². The van der Waals surface area contributed by atoms with Crippen molar-refractivity contribution in [2.45, 2.75) is 32.3 Å². The minimum Gasteiger partial charge on any atom is -0.473 e. The van der Waals surface area contributed by atoms with Crippen LogP contribution in [0.2, 0.25) is 0 Å². The van der Waals surface area contributed by atoms with Gasteiger partial charge in [0, 0.05) is 24.2 Å². The Bertz CT molecular complexity index is 784. The van der Waals surface area contributed by atoms with E-state index in [0.29, 0.717) is 24.0 Å². The van der Waals surface area contributed by atoms with E-state index in [1.165, 1.54) is 5.57 Å². The lowest BCUT2D eigenvalue weighted by molar-refractivity contribution is 0.225. The lowest BCUT2D eigenvalue weighted by Crippen LogP contribution is -2.34. The molecule has 1 aromatic heterocycles. The molecule has 1 fully saturated rings. The second-order valence-corrected chi connectivity index (χ2v) is 7.01. The lowest BCUT2D eigenvalue weighted by atomic mass is 9.93. The van der Waals surface area contributed by atoms with Crippen LogP contribution in [-0.4, -0.2) is 29.5 Å². The molecule has 1 aromatic carbocycles. The van der Waals surface area contributed by atoms with Crippen molar-refractivity contribution in [1.29, 1.82) is 5.26 Å². The number of hydrogen-bond donors (Lipinski definition) is 0. The van der Waals surface area contributed by atoms with E-state index in [1.807, 2.05) is 24.3 Å². The minimum atomic E-state index is 0.458. The van der Waals surface area contributed by atoms with Crippen molar-refractivity contribution >= 4 is 0 Å². The minimum absolute atomic E-state index is 0.458. The zero-order valence-corrected chi connectivity index (χ0v) is 15.3. The average Bonchev–Trinajstić information content (AvgIpc) is 2.67. The first-order valence-electron chi connectivity index (χ1n) is 9.09. The first-order valence-corrected chi connectivity index (χ1v) is 9.09. The Morgan fingerprint density at radius 1 is 1.23 bits per heavy atom. The second-order valence-electron chi connectivity index (χ2n) is 7.01. The van der Waals surface area contributed by atoms with Gasteiger partial charge in [0.25, 0.3) is 0 Å². The molecule has 0 aliphatic carbocycles. The van der Waals surface area contributed by atoms with Crippen molar-refractivity contribution < 1.29 is 4.74 Å². The van der Waals surface area contributed by atoms with Crippen LogP contribution < -0.4 is 4.74 Å². The molecule has 1 aliphatic heterocycles. The number of aromatic nitrogens is 1. The van der Waals surface area contributed by atoms with Gasteiger partial charge < -0.3 is 4.74 Å². The van der Waals surface area contributed by atoms with Gasteiger partial charge in [-0.15, -0.1) is 0 Å². The van der Waals surface area contributed by atoms with Gasteiger partial charge in [0.1, 0.15) is 6.61 Å². The van der Waals surface area contributed by atoms with Crippen LogP contribution in [0.4, 0.5) is 0 Å². The Kier molecular flexibility index (Phi) is 6.04. The van der Waals surface area contributed by atoms with Crippen LogP contribution in [-0.2, 0) is 6.61 Å². The number of benzene rings is 1. The summed E-state index contributed by atoms with van der Waals surface area (Å²) in [6.07, 6.45) is 2.25. The van der Waals surface area contributed by atoms with Crippen LogP contribution >= 0.6 is 0 Å². The van der Waals surface area contributed by atoms with E-state index < -0.39 is 0 Å². The summed E-state index contributed by atoms with van der Waals surface area (Å²) in [4.78, 5) is 7.18. The monoisotopic (exact) mass is 347 g/mol. The summed E-state index contributed by atoms with van der Waals surface area (Å²) in [7, 11) is 0. The maximum absolute atomic E-state index is 8.85.